The Morgan fingerprint density at radius 1 is 1.67 bits per heavy atom. The first-order chi connectivity index (χ1) is 5.59. The summed E-state index contributed by atoms with van der Waals surface area (Å²) < 4.78 is 0. The number of hydrogen-bond donors (Lipinski definition) is 2. The zero-order valence-corrected chi connectivity index (χ0v) is 7.09. The molecule has 3 N–H and O–H groups in total. The van der Waals surface area contributed by atoms with Gasteiger partial charge in [-0.1, -0.05) is 0 Å². The summed E-state index contributed by atoms with van der Waals surface area (Å²) in [5.74, 6) is 0.353. The average molecular weight is 165 g/mol. The molecule has 1 aromatic rings. The van der Waals surface area contributed by atoms with Gasteiger partial charge in [0.05, 0.1) is 11.9 Å². The van der Waals surface area contributed by atoms with Gasteiger partial charge in [-0.2, -0.15) is 0 Å². The van der Waals surface area contributed by atoms with Gasteiger partial charge in [0.25, 0.3) is 0 Å². The van der Waals surface area contributed by atoms with Gasteiger partial charge in [-0.25, -0.2) is 4.98 Å². The molecule has 0 spiro atoms. The second-order valence-corrected chi connectivity index (χ2v) is 2.61. The monoisotopic (exact) mass is 165 g/mol. The number of anilines is 2. The van der Waals surface area contributed by atoms with Gasteiger partial charge in [0, 0.05) is 6.92 Å². The van der Waals surface area contributed by atoms with Crippen molar-refractivity contribution in [2.45, 2.75) is 13.8 Å². The molecule has 4 heteroatoms. The highest BCUT2D eigenvalue weighted by Crippen LogP contribution is 2.14. The Morgan fingerprint density at radius 2 is 2.33 bits per heavy atom. The molecule has 0 unspecified atom stereocenters. The smallest absolute Gasteiger partial charge is 0.221 e. The highest BCUT2D eigenvalue weighted by Gasteiger charge is 2.00. The second-order valence-electron chi connectivity index (χ2n) is 2.61. The third kappa shape index (κ3) is 1.95. The first-order valence-corrected chi connectivity index (χ1v) is 3.59. The number of amides is 1. The number of nitrogens with two attached hydrogens (primary N) is 1. The largest absolute Gasteiger partial charge is 0.384 e. The van der Waals surface area contributed by atoms with Crippen LogP contribution in [0.1, 0.15) is 12.5 Å². The molecule has 1 aromatic heterocycles. The van der Waals surface area contributed by atoms with Crippen molar-refractivity contribution in [3.05, 3.63) is 17.8 Å². The fourth-order valence-corrected chi connectivity index (χ4v) is 0.898. The van der Waals surface area contributed by atoms with E-state index >= 15 is 0 Å². The zero-order chi connectivity index (χ0) is 9.14. The lowest BCUT2D eigenvalue weighted by Gasteiger charge is -2.05. The van der Waals surface area contributed by atoms with Crippen molar-refractivity contribution in [2.75, 3.05) is 11.1 Å². The van der Waals surface area contributed by atoms with E-state index in [1.54, 1.807) is 12.3 Å². The molecule has 0 aromatic carbocycles. The lowest BCUT2D eigenvalue weighted by atomic mass is 10.2. The maximum Gasteiger partial charge on any atom is 0.221 e. The van der Waals surface area contributed by atoms with E-state index in [0.29, 0.717) is 11.5 Å². The van der Waals surface area contributed by atoms with Crippen molar-refractivity contribution in [3.63, 3.8) is 0 Å². The van der Waals surface area contributed by atoms with Gasteiger partial charge in [-0.3, -0.25) is 4.79 Å². The number of nitrogen functional groups attached to an aromatic ring is 1. The van der Waals surface area contributed by atoms with Crippen molar-refractivity contribution in [2.24, 2.45) is 0 Å². The predicted octanol–water partition coefficient (Wildman–Crippen LogP) is 0.931. The van der Waals surface area contributed by atoms with Crippen molar-refractivity contribution in [1.82, 2.24) is 4.98 Å². The molecule has 0 saturated carbocycles. The van der Waals surface area contributed by atoms with Crippen molar-refractivity contribution in [1.29, 1.82) is 0 Å². The van der Waals surface area contributed by atoms with E-state index in [1.165, 1.54) is 6.92 Å². The molecule has 1 amide bonds. The lowest BCUT2D eigenvalue weighted by Crippen LogP contribution is -2.07. The van der Waals surface area contributed by atoms with Crippen LogP contribution in [-0.2, 0) is 4.79 Å². The van der Waals surface area contributed by atoms with Crippen LogP contribution >= 0.6 is 0 Å². The summed E-state index contributed by atoms with van der Waals surface area (Å²) in [6.07, 6.45) is 1.55. The fraction of sp³-hybridized carbons (Fsp3) is 0.250. The van der Waals surface area contributed by atoms with Crippen LogP contribution in [0, 0.1) is 6.92 Å². The van der Waals surface area contributed by atoms with Gasteiger partial charge in [0.2, 0.25) is 5.91 Å². The van der Waals surface area contributed by atoms with Gasteiger partial charge in [0.1, 0.15) is 5.82 Å². The molecular weight excluding hydrogens is 154 g/mol. The van der Waals surface area contributed by atoms with Crippen LogP contribution in [0.5, 0.6) is 0 Å². The van der Waals surface area contributed by atoms with Gasteiger partial charge >= 0.3 is 0 Å². The molecule has 12 heavy (non-hydrogen) atoms. The van der Waals surface area contributed by atoms with Gasteiger partial charge < -0.3 is 11.1 Å². The van der Waals surface area contributed by atoms with E-state index in [9.17, 15) is 4.79 Å². The number of aromatic nitrogens is 1. The first kappa shape index (κ1) is 8.52. The molecule has 0 aliphatic rings. The van der Waals surface area contributed by atoms with Crippen LogP contribution < -0.4 is 11.1 Å². The molecule has 0 atom stereocenters. The van der Waals surface area contributed by atoms with E-state index in [2.05, 4.69) is 10.3 Å². The fourth-order valence-electron chi connectivity index (χ4n) is 0.898. The highest BCUT2D eigenvalue weighted by molar-refractivity contribution is 5.89. The second kappa shape index (κ2) is 3.21. The molecule has 1 heterocycles. The quantitative estimate of drug-likeness (QED) is 0.650. The van der Waals surface area contributed by atoms with Gasteiger partial charge in [0.15, 0.2) is 0 Å². The minimum atomic E-state index is -0.107. The summed E-state index contributed by atoms with van der Waals surface area (Å²) >= 11 is 0. The van der Waals surface area contributed by atoms with Crippen LogP contribution in [0.15, 0.2) is 12.3 Å². The van der Waals surface area contributed by atoms with Crippen molar-refractivity contribution < 1.29 is 4.79 Å². The van der Waals surface area contributed by atoms with Crippen LogP contribution in [0.3, 0.4) is 0 Å². The number of pyridine rings is 1. The Bertz CT molecular complexity index is 309. The Morgan fingerprint density at radius 3 is 2.83 bits per heavy atom. The molecular formula is C8H11N3O. The number of aryl methyl sites for hydroxylation is 1. The molecule has 0 aliphatic carbocycles. The van der Waals surface area contributed by atoms with Crippen molar-refractivity contribution >= 4 is 17.4 Å². The van der Waals surface area contributed by atoms with Crippen LogP contribution in [-0.4, -0.2) is 10.9 Å². The summed E-state index contributed by atoms with van der Waals surface area (Å²) in [4.78, 5) is 14.5. The SMILES string of the molecule is CC(=O)Nc1cnc(N)cc1C. The Balaban J connectivity index is 2.93. The minimum absolute atomic E-state index is 0.107. The number of hydrogen-bond acceptors (Lipinski definition) is 3. The predicted molar refractivity (Wildman–Crippen MR) is 47.7 cm³/mol. The first-order valence-electron chi connectivity index (χ1n) is 3.59. The van der Waals surface area contributed by atoms with E-state index in [0.717, 1.165) is 5.56 Å². The van der Waals surface area contributed by atoms with E-state index in [4.69, 9.17) is 5.73 Å². The molecule has 4 nitrogen and oxygen atoms in total. The number of carbonyl (C=O) groups is 1. The average Bonchev–Trinajstić information content (AvgIpc) is 1.94. The molecule has 0 aliphatic heterocycles. The number of rotatable bonds is 1. The molecule has 1 rings (SSSR count). The van der Waals surface area contributed by atoms with Gasteiger partial charge in [-0.15, -0.1) is 0 Å². The maximum absolute atomic E-state index is 10.7. The number of nitrogens with one attached hydrogen (secondary N) is 1. The standard InChI is InChI=1S/C8H11N3O/c1-5-3-8(9)10-4-7(5)11-6(2)12/h3-4H,1-2H3,(H2,9,10)(H,11,12). The summed E-state index contributed by atoms with van der Waals surface area (Å²) in [5, 5.41) is 2.64. The topological polar surface area (TPSA) is 68.0 Å². The zero-order valence-electron chi connectivity index (χ0n) is 7.09. The van der Waals surface area contributed by atoms with E-state index in [1.807, 2.05) is 6.92 Å². The Labute approximate surface area is 70.8 Å². The Hall–Kier alpha value is -1.58. The van der Waals surface area contributed by atoms with Gasteiger partial charge in [-0.05, 0) is 18.6 Å². The number of carbonyl (C=O) groups excluding carboxylic acids is 1. The Kier molecular flexibility index (Phi) is 2.28. The lowest BCUT2D eigenvalue weighted by molar-refractivity contribution is -0.114. The molecule has 64 valence electrons. The minimum Gasteiger partial charge on any atom is -0.384 e. The third-order valence-corrected chi connectivity index (χ3v) is 1.44. The maximum atomic E-state index is 10.7. The van der Waals surface area contributed by atoms with Crippen LogP contribution in [0.4, 0.5) is 11.5 Å². The van der Waals surface area contributed by atoms with E-state index < -0.39 is 0 Å². The van der Waals surface area contributed by atoms with Crippen LogP contribution in [0.25, 0.3) is 0 Å². The summed E-state index contributed by atoms with van der Waals surface area (Å²) in [7, 11) is 0. The van der Waals surface area contributed by atoms with Crippen molar-refractivity contribution in [3.8, 4) is 0 Å². The molecule has 0 fully saturated rings. The van der Waals surface area contributed by atoms with E-state index in [-0.39, 0.29) is 5.91 Å². The summed E-state index contributed by atoms with van der Waals surface area (Å²) in [6.45, 7) is 3.32. The summed E-state index contributed by atoms with van der Waals surface area (Å²) in [5.41, 5.74) is 7.05. The molecule has 0 bridgehead atoms. The number of nitrogens with zero attached hydrogens (tertiary/aromatic N) is 1. The molecule has 0 radical (unpaired) electrons. The van der Waals surface area contributed by atoms with Crippen LogP contribution in [0.2, 0.25) is 0 Å². The highest BCUT2D eigenvalue weighted by atomic mass is 16.1. The third-order valence-electron chi connectivity index (χ3n) is 1.44. The summed E-state index contributed by atoms with van der Waals surface area (Å²) in [6, 6.07) is 1.71. The molecule has 0 saturated heterocycles. The normalized spacial score (nSPS) is 9.50.